The van der Waals surface area contributed by atoms with Crippen molar-refractivity contribution in [3.05, 3.63) is 29.8 Å². The van der Waals surface area contributed by atoms with Gasteiger partial charge < -0.3 is 4.43 Å². The van der Waals surface area contributed by atoms with Crippen LogP contribution < -0.4 is 0 Å². The van der Waals surface area contributed by atoms with Crippen LogP contribution in [0.25, 0.3) is 0 Å². The maximum atomic E-state index is 12.8. The molecule has 0 aromatic carbocycles. The first-order valence-corrected chi connectivity index (χ1v) is 10.4. The Morgan fingerprint density at radius 2 is 2.05 bits per heavy atom. The zero-order valence-corrected chi connectivity index (χ0v) is 14.2. The molecule has 2 nitrogen and oxygen atoms in total. The SMILES string of the molecule is CC(C)(C)[Si](C)(C)OCCC1CC1c1ccc(F)nc1. The second kappa shape index (κ2) is 5.56. The largest absolute Gasteiger partial charge is 0.417 e. The fraction of sp³-hybridized carbons (Fsp3) is 0.688. The number of pyridine rings is 1. The van der Waals surface area contributed by atoms with Gasteiger partial charge in [-0.1, -0.05) is 26.8 Å². The molecule has 1 aliphatic carbocycles. The summed E-state index contributed by atoms with van der Waals surface area (Å²) in [6, 6.07) is 3.32. The van der Waals surface area contributed by atoms with E-state index in [2.05, 4.69) is 38.8 Å². The lowest BCUT2D eigenvalue weighted by molar-refractivity contribution is 0.274. The Bertz CT molecular complexity index is 453. The molecule has 2 atom stereocenters. The lowest BCUT2D eigenvalue weighted by Crippen LogP contribution is -2.41. The van der Waals surface area contributed by atoms with Crippen molar-refractivity contribution < 1.29 is 8.82 Å². The van der Waals surface area contributed by atoms with Gasteiger partial charge in [-0.25, -0.2) is 4.98 Å². The molecular formula is C16H26FNOSi. The Morgan fingerprint density at radius 3 is 2.60 bits per heavy atom. The summed E-state index contributed by atoms with van der Waals surface area (Å²) in [5.41, 5.74) is 1.17. The van der Waals surface area contributed by atoms with E-state index in [0.29, 0.717) is 11.8 Å². The molecular weight excluding hydrogens is 269 g/mol. The maximum Gasteiger partial charge on any atom is 0.212 e. The van der Waals surface area contributed by atoms with Gasteiger partial charge in [0.1, 0.15) is 0 Å². The number of hydrogen-bond donors (Lipinski definition) is 0. The van der Waals surface area contributed by atoms with Crippen molar-refractivity contribution in [2.24, 2.45) is 5.92 Å². The smallest absolute Gasteiger partial charge is 0.212 e. The minimum atomic E-state index is -1.61. The molecule has 1 heterocycles. The lowest BCUT2D eigenvalue weighted by Gasteiger charge is -2.36. The summed E-state index contributed by atoms with van der Waals surface area (Å²) in [7, 11) is -1.61. The molecule has 0 spiro atoms. The van der Waals surface area contributed by atoms with Crippen molar-refractivity contribution in [1.82, 2.24) is 4.98 Å². The molecule has 112 valence electrons. The monoisotopic (exact) mass is 295 g/mol. The second-order valence-corrected chi connectivity index (χ2v) is 12.2. The van der Waals surface area contributed by atoms with Gasteiger partial charge in [0.05, 0.1) is 0 Å². The third kappa shape index (κ3) is 3.67. The minimum absolute atomic E-state index is 0.275. The number of halogens is 1. The first-order valence-electron chi connectivity index (χ1n) is 7.46. The maximum absolute atomic E-state index is 12.8. The van der Waals surface area contributed by atoms with Crippen molar-refractivity contribution in [3.63, 3.8) is 0 Å². The summed E-state index contributed by atoms with van der Waals surface area (Å²) < 4.78 is 19.0. The molecule has 1 fully saturated rings. The average Bonchev–Trinajstić information content (AvgIpc) is 3.08. The second-order valence-electron chi connectivity index (χ2n) is 7.41. The highest BCUT2D eigenvalue weighted by Crippen LogP contribution is 2.49. The van der Waals surface area contributed by atoms with E-state index in [1.807, 2.05) is 6.07 Å². The van der Waals surface area contributed by atoms with E-state index in [1.165, 1.54) is 18.1 Å². The fourth-order valence-electron chi connectivity index (χ4n) is 2.26. The van der Waals surface area contributed by atoms with E-state index in [1.54, 1.807) is 6.20 Å². The van der Waals surface area contributed by atoms with E-state index in [9.17, 15) is 4.39 Å². The summed E-state index contributed by atoms with van der Waals surface area (Å²) in [5.74, 6) is 0.852. The molecule has 2 rings (SSSR count). The van der Waals surface area contributed by atoms with E-state index in [0.717, 1.165) is 13.0 Å². The van der Waals surface area contributed by atoms with Gasteiger partial charge in [0.15, 0.2) is 8.32 Å². The number of hydrogen-bond acceptors (Lipinski definition) is 2. The van der Waals surface area contributed by atoms with Gasteiger partial charge in [-0.2, -0.15) is 4.39 Å². The molecule has 20 heavy (non-hydrogen) atoms. The van der Waals surface area contributed by atoms with Crippen molar-refractivity contribution in [1.29, 1.82) is 0 Å². The molecule has 1 aliphatic rings. The summed E-state index contributed by atoms with van der Waals surface area (Å²) in [5, 5.41) is 0.275. The van der Waals surface area contributed by atoms with Crippen molar-refractivity contribution in [2.45, 2.75) is 57.7 Å². The van der Waals surface area contributed by atoms with E-state index >= 15 is 0 Å². The van der Waals surface area contributed by atoms with Gasteiger partial charge in [-0.15, -0.1) is 0 Å². The summed E-state index contributed by atoms with van der Waals surface area (Å²) in [4.78, 5) is 3.74. The Labute approximate surface area is 122 Å². The predicted octanol–water partition coefficient (Wildman–Crippen LogP) is 4.74. The Hall–Kier alpha value is -0.743. The van der Waals surface area contributed by atoms with Gasteiger partial charge in [0.25, 0.3) is 0 Å². The molecule has 1 aromatic rings. The molecule has 1 aromatic heterocycles. The molecule has 0 radical (unpaired) electrons. The highest BCUT2D eigenvalue weighted by molar-refractivity contribution is 6.74. The number of nitrogens with zero attached hydrogens (tertiary/aromatic N) is 1. The van der Waals surface area contributed by atoms with Gasteiger partial charge in [-0.05, 0) is 54.4 Å². The van der Waals surface area contributed by atoms with Crippen LogP contribution in [-0.4, -0.2) is 19.9 Å². The molecule has 4 heteroatoms. The standard InChI is InChI=1S/C16H26FNOSi/c1-16(2,3)20(4,5)19-9-8-12-10-14(12)13-6-7-15(17)18-11-13/h6-7,11-12,14H,8-10H2,1-5H3. The van der Waals surface area contributed by atoms with Gasteiger partial charge in [0.2, 0.25) is 5.95 Å². The van der Waals surface area contributed by atoms with Crippen LogP contribution in [0.15, 0.2) is 18.3 Å². The molecule has 2 unspecified atom stereocenters. The summed E-state index contributed by atoms with van der Waals surface area (Å²) >= 11 is 0. The first-order chi connectivity index (χ1) is 9.21. The van der Waals surface area contributed by atoms with Crippen LogP contribution in [0, 0.1) is 11.9 Å². The van der Waals surface area contributed by atoms with E-state index < -0.39 is 14.3 Å². The predicted molar refractivity (Wildman–Crippen MR) is 82.8 cm³/mol. The normalized spacial score (nSPS) is 22.9. The number of aromatic nitrogens is 1. The summed E-state index contributed by atoms with van der Waals surface area (Å²) in [6.07, 6.45) is 3.97. The van der Waals surface area contributed by atoms with Gasteiger partial charge in [-0.3, -0.25) is 0 Å². The molecule has 0 saturated heterocycles. The molecule has 1 saturated carbocycles. The van der Waals surface area contributed by atoms with Crippen molar-refractivity contribution in [2.75, 3.05) is 6.61 Å². The van der Waals surface area contributed by atoms with E-state index in [4.69, 9.17) is 4.43 Å². The van der Waals surface area contributed by atoms with E-state index in [-0.39, 0.29) is 5.04 Å². The van der Waals surface area contributed by atoms with Crippen LogP contribution in [0.1, 0.15) is 45.1 Å². The summed E-state index contributed by atoms with van der Waals surface area (Å²) in [6.45, 7) is 12.2. The average molecular weight is 295 g/mol. The van der Waals surface area contributed by atoms with Crippen LogP contribution in [0.4, 0.5) is 4.39 Å². The van der Waals surface area contributed by atoms with Gasteiger partial charge >= 0.3 is 0 Å². The third-order valence-electron chi connectivity index (χ3n) is 4.86. The zero-order chi connectivity index (χ0) is 15.0. The quantitative estimate of drug-likeness (QED) is 0.578. The van der Waals surface area contributed by atoms with Crippen LogP contribution in [0.5, 0.6) is 0 Å². The fourth-order valence-corrected chi connectivity index (χ4v) is 3.32. The lowest BCUT2D eigenvalue weighted by atomic mass is 10.1. The van der Waals surface area contributed by atoms with Gasteiger partial charge in [0, 0.05) is 12.8 Å². The van der Waals surface area contributed by atoms with Crippen LogP contribution in [0.2, 0.25) is 18.1 Å². The molecule has 0 amide bonds. The van der Waals surface area contributed by atoms with Crippen molar-refractivity contribution in [3.8, 4) is 0 Å². The Morgan fingerprint density at radius 1 is 1.35 bits per heavy atom. The zero-order valence-electron chi connectivity index (χ0n) is 13.2. The highest BCUT2D eigenvalue weighted by Gasteiger charge is 2.40. The third-order valence-corrected chi connectivity index (χ3v) is 9.40. The Kier molecular flexibility index (Phi) is 4.35. The first kappa shape index (κ1) is 15.6. The molecule has 0 bridgehead atoms. The number of rotatable bonds is 5. The minimum Gasteiger partial charge on any atom is -0.417 e. The van der Waals surface area contributed by atoms with Crippen molar-refractivity contribution >= 4 is 8.32 Å². The molecule has 0 aliphatic heterocycles. The Balaban J connectivity index is 1.77. The van der Waals surface area contributed by atoms with Crippen LogP contribution >= 0.6 is 0 Å². The van der Waals surface area contributed by atoms with Crippen LogP contribution in [-0.2, 0) is 4.43 Å². The topological polar surface area (TPSA) is 22.1 Å². The van der Waals surface area contributed by atoms with Crippen LogP contribution in [0.3, 0.4) is 0 Å². The highest BCUT2D eigenvalue weighted by atomic mass is 28.4. The molecule has 0 N–H and O–H groups in total.